The lowest BCUT2D eigenvalue weighted by atomic mass is 10.2. The van der Waals surface area contributed by atoms with Crippen LogP contribution in [0.25, 0.3) is 4.96 Å². The second-order valence-electron chi connectivity index (χ2n) is 6.66. The number of likely N-dealkylation sites (N-methyl/N-ethyl adjacent to an activating group) is 1. The van der Waals surface area contributed by atoms with E-state index in [-0.39, 0.29) is 11.1 Å². The third-order valence-electron chi connectivity index (χ3n) is 4.99. The second kappa shape index (κ2) is 8.07. The van der Waals surface area contributed by atoms with Gasteiger partial charge >= 0.3 is 0 Å². The molecule has 9 heteroatoms. The Labute approximate surface area is 166 Å². The molecule has 0 unspecified atom stereocenters. The van der Waals surface area contributed by atoms with Crippen molar-refractivity contribution in [2.24, 2.45) is 0 Å². The van der Waals surface area contributed by atoms with Gasteiger partial charge in [0.15, 0.2) is 4.96 Å². The van der Waals surface area contributed by atoms with E-state index in [1.165, 1.54) is 21.9 Å². The van der Waals surface area contributed by atoms with E-state index in [0.717, 1.165) is 44.1 Å². The molecule has 0 saturated carbocycles. The first-order valence-corrected chi connectivity index (χ1v) is 10.2. The molecule has 4 rings (SSSR count). The van der Waals surface area contributed by atoms with Crippen molar-refractivity contribution in [3.05, 3.63) is 57.6 Å². The van der Waals surface area contributed by atoms with E-state index >= 15 is 0 Å². The van der Waals surface area contributed by atoms with Crippen LogP contribution < -0.4 is 15.8 Å². The number of carbonyl (C=O) groups excluding carboxylic acids is 1. The molecular weight excluding hydrogens is 376 g/mol. The lowest BCUT2D eigenvalue weighted by molar-refractivity contribution is 0.0949. The van der Waals surface area contributed by atoms with E-state index < -0.39 is 5.91 Å². The van der Waals surface area contributed by atoms with Gasteiger partial charge in [0.05, 0.1) is 0 Å². The van der Waals surface area contributed by atoms with Crippen LogP contribution in [-0.4, -0.2) is 57.9 Å². The Hall–Kier alpha value is -2.78. The highest BCUT2D eigenvalue weighted by Crippen LogP contribution is 2.14. The molecule has 0 aliphatic carbocycles. The van der Waals surface area contributed by atoms with Gasteiger partial charge in [-0.2, -0.15) is 0 Å². The number of amides is 1. The summed E-state index contributed by atoms with van der Waals surface area (Å²) in [4.78, 5) is 38.7. The van der Waals surface area contributed by atoms with Gasteiger partial charge in [0.1, 0.15) is 11.4 Å². The number of nitrogens with one attached hydrogen (secondary N) is 1. The van der Waals surface area contributed by atoms with Gasteiger partial charge in [0.2, 0.25) is 0 Å². The van der Waals surface area contributed by atoms with Crippen molar-refractivity contribution < 1.29 is 4.79 Å². The first-order valence-electron chi connectivity index (χ1n) is 9.31. The fraction of sp³-hybridized carbons (Fsp3) is 0.368. The summed E-state index contributed by atoms with van der Waals surface area (Å²) < 4.78 is 1.38. The number of nitrogens with zero attached hydrogens (tertiary/aromatic N) is 5. The normalized spacial score (nSPS) is 15.1. The maximum Gasteiger partial charge on any atom is 0.271 e. The van der Waals surface area contributed by atoms with Crippen LogP contribution in [0, 0.1) is 0 Å². The molecule has 1 saturated heterocycles. The van der Waals surface area contributed by atoms with Crippen LogP contribution in [0.15, 0.2) is 40.9 Å². The molecule has 0 radical (unpaired) electrons. The van der Waals surface area contributed by atoms with Crippen molar-refractivity contribution in [1.82, 2.24) is 24.6 Å². The lowest BCUT2D eigenvalue weighted by Gasteiger charge is -2.34. The number of carbonyl (C=O) groups is 1. The molecule has 1 aliphatic heterocycles. The third kappa shape index (κ3) is 3.76. The zero-order valence-electron chi connectivity index (χ0n) is 15.7. The average Bonchev–Trinajstić information content (AvgIpc) is 3.23. The molecule has 28 heavy (non-hydrogen) atoms. The Bertz CT molecular complexity index is 1020. The van der Waals surface area contributed by atoms with Crippen LogP contribution in [0.3, 0.4) is 0 Å². The first-order chi connectivity index (χ1) is 13.7. The van der Waals surface area contributed by atoms with E-state index in [0.29, 0.717) is 11.5 Å². The smallest absolute Gasteiger partial charge is 0.271 e. The van der Waals surface area contributed by atoms with Crippen molar-refractivity contribution >= 4 is 28.0 Å². The third-order valence-corrected chi connectivity index (χ3v) is 5.76. The molecule has 1 aliphatic rings. The van der Waals surface area contributed by atoms with E-state index in [2.05, 4.69) is 32.0 Å². The van der Waals surface area contributed by atoms with E-state index in [1.54, 1.807) is 17.8 Å². The summed E-state index contributed by atoms with van der Waals surface area (Å²) in [6.45, 7) is 7.61. The zero-order chi connectivity index (χ0) is 19.5. The van der Waals surface area contributed by atoms with E-state index in [9.17, 15) is 9.59 Å². The predicted octanol–water partition coefficient (Wildman–Crippen LogP) is 1.22. The van der Waals surface area contributed by atoms with Gasteiger partial charge in [-0.25, -0.2) is 9.97 Å². The Kier molecular flexibility index (Phi) is 5.36. The highest BCUT2D eigenvalue weighted by molar-refractivity contribution is 7.15. The zero-order valence-corrected chi connectivity index (χ0v) is 16.5. The number of hydrogen-bond donors (Lipinski definition) is 1. The van der Waals surface area contributed by atoms with Gasteiger partial charge in [-0.1, -0.05) is 13.0 Å². The summed E-state index contributed by atoms with van der Waals surface area (Å²) in [7, 11) is 0. The summed E-state index contributed by atoms with van der Waals surface area (Å²) in [6, 6.07) is 3.94. The van der Waals surface area contributed by atoms with Crippen molar-refractivity contribution in [2.45, 2.75) is 13.5 Å². The number of piperazine rings is 1. The first kappa shape index (κ1) is 18.6. The molecule has 4 heterocycles. The minimum absolute atomic E-state index is 0.0364. The Morgan fingerprint density at radius 2 is 2.00 bits per heavy atom. The number of anilines is 1. The quantitative estimate of drug-likeness (QED) is 0.696. The average molecular weight is 398 g/mol. The van der Waals surface area contributed by atoms with Gasteiger partial charge in [-0.3, -0.25) is 14.0 Å². The van der Waals surface area contributed by atoms with Crippen LogP contribution in [-0.2, 0) is 6.54 Å². The van der Waals surface area contributed by atoms with Gasteiger partial charge in [-0.15, -0.1) is 11.3 Å². The summed E-state index contributed by atoms with van der Waals surface area (Å²) >= 11 is 1.35. The van der Waals surface area contributed by atoms with Crippen LogP contribution in [0.2, 0.25) is 0 Å². The summed E-state index contributed by atoms with van der Waals surface area (Å²) in [5.74, 6) is 0.522. The number of hydrogen-bond acceptors (Lipinski definition) is 7. The Balaban J connectivity index is 1.37. The van der Waals surface area contributed by atoms with Crippen molar-refractivity contribution in [2.75, 3.05) is 37.6 Å². The van der Waals surface area contributed by atoms with Gasteiger partial charge < -0.3 is 15.1 Å². The minimum atomic E-state index is -0.433. The molecule has 0 aromatic carbocycles. The monoisotopic (exact) mass is 398 g/mol. The highest BCUT2D eigenvalue weighted by atomic mass is 32.1. The molecule has 0 spiro atoms. The predicted molar refractivity (Wildman–Crippen MR) is 109 cm³/mol. The molecular formula is C19H22N6O2S. The van der Waals surface area contributed by atoms with Crippen LogP contribution in [0.1, 0.15) is 22.8 Å². The fourth-order valence-corrected chi connectivity index (χ4v) is 3.93. The second-order valence-corrected chi connectivity index (χ2v) is 7.53. The molecule has 1 N–H and O–H groups in total. The van der Waals surface area contributed by atoms with Crippen molar-refractivity contribution in [3.8, 4) is 0 Å². The number of aromatic nitrogens is 3. The lowest BCUT2D eigenvalue weighted by Crippen LogP contribution is -2.46. The summed E-state index contributed by atoms with van der Waals surface area (Å²) in [5, 5.41) is 4.54. The number of fused-ring (bicyclic) bond motifs is 1. The molecule has 3 aromatic rings. The van der Waals surface area contributed by atoms with Gasteiger partial charge in [-0.05, 0) is 18.2 Å². The van der Waals surface area contributed by atoms with Crippen LogP contribution >= 0.6 is 11.3 Å². The summed E-state index contributed by atoms with van der Waals surface area (Å²) in [6.07, 6.45) is 4.73. The van der Waals surface area contributed by atoms with Gasteiger partial charge in [0.25, 0.3) is 11.5 Å². The van der Waals surface area contributed by atoms with E-state index in [1.807, 2.05) is 12.1 Å². The minimum Gasteiger partial charge on any atom is -0.354 e. The SMILES string of the molecule is CCN1CCN(c2ccc(CNC(=O)c3cnc4sccn4c3=O)cn2)CC1. The molecule has 146 valence electrons. The number of thiazole rings is 1. The van der Waals surface area contributed by atoms with E-state index in [4.69, 9.17) is 0 Å². The van der Waals surface area contributed by atoms with Crippen LogP contribution in [0.4, 0.5) is 5.82 Å². The number of pyridine rings is 1. The largest absolute Gasteiger partial charge is 0.354 e. The summed E-state index contributed by atoms with van der Waals surface area (Å²) in [5.41, 5.74) is 0.562. The molecule has 1 amide bonds. The molecule has 3 aromatic heterocycles. The molecule has 8 nitrogen and oxygen atoms in total. The number of rotatable bonds is 5. The Morgan fingerprint density at radius 1 is 1.18 bits per heavy atom. The Morgan fingerprint density at radius 3 is 2.71 bits per heavy atom. The maximum absolute atomic E-state index is 12.4. The van der Waals surface area contributed by atoms with Crippen molar-refractivity contribution in [1.29, 1.82) is 0 Å². The van der Waals surface area contributed by atoms with Gasteiger partial charge in [0, 0.05) is 56.7 Å². The molecule has 0 atom stereocenters. The molecule has 0 bridgehead atoms. The maximum atomic E-state index is 12.4. The molecule has 1 fully saturated rings. The van der Waals surface area contributed by atoms with Crippen LogP contribution in [0.5, 0.6) is 0 Å². The fourth-order valence-electron chi connectivity index (χ4n) is 3.26. The van der Waals surface area contributed by atoms with Crippen molar-refractivity contribution in [3.63, 3.8) is 0 Å². The highest BCUT2D eigenvalue weighted by Gasteiger charge is 2.17. The topological polar surface area (TPSA) is 82.8 Å². The standard InChI is InChI=1S/C19H22N6O2S/c1-2-23-5-7-24(8-6-23)16-4-3-14(11-20-16)12-21-17(26)15-13-22-19-25(18(15)27)9-10-28-19/h3-4,9-11,13H,2,5-8,12H2,1H3,(H,21,26).